The number of aliphatic imine (C=N–C) groups is 1. The van der Waals surface area contributed by atoms with E-state index in [1.807, 2.05) is 19.9 Å². The molecule has 2 aromatic rings. The third-order valence-electron chi connectivity index (χ3n) is 3.35. The molecule has 0 saturated carbocycles. The van der Waals surface area contributed by atoms with Crippen LogP contribution in [0.4, 0.5) is 0 Å². The number of aryl methyl sites for hydroxylation is 1. The Hall–Kier alpha value is -1.55. The highest BCUT2D eigenvalue weighted by atomic mass is 127. The molecule has 2 rings (SSSR count). The van der Waals surface area contributed by atoms with E-state index in [-0.39, 0.29) is 29.7 Å². The van der Waals surface area contributed by atoms with Crippen LogP contribution in [-0.2, 0) is 13.0 Å². The molecule has 0 aliphatic carbocycles. The van der Waals surface area contributed by atoms with Crippen molar-refractivity contribution in [2.45, 2.75) is 26.8 Å². The lowest BCUT2D eigenvalue weighted by Crippen LogP contribution is -2.38. The zero-order chi connectivity index (χ0) is 17.4. The number of phenols is 1. The van der Waals surface area contributed by atoms with Gasteiger partial charge in [0, 0.05) is 24.9 Å². The molecule has 3 N–H and O–H groups in total. The van der Waals surface area contributed by atoms with Gasteiger partial charge in [0.1, 0.15) is 0 Å². The molecule has 0 aliphatic heterocycles. The Morgan fingerprint density at radius 3 is 2.76 bits per heavy atom. The fourth-order valence-corrected chi connectivity index (χ4v) is 2.83. The van der Waals surface area contributed by atoms with E-state index in [0.29, 0.717) is 12.3 Å². The zero-order valence-electron chi connectivity index (χ0n) is 14.7. The summed E-state index contributed by atoms with van der Waals surface area (Å²) in [7, 11) is 1.53. The number of aromatic nitrogens is 1. The maximum atomic E-state index is 9.82. The lowest BCUT2D eigenvalue weighted by Gasteiger charge is -2.11. The first-order chi connectivity index (χ1) is 11.6. The zero-order valence-corrected chi connectivity index (χ0v) is 17.9. The number of methoxy groups -OCH3 is 1. The number of rotatable bonds is 7. The van der Waals surface area contributed by atoms with Gasteiger partial charge in [-0.1, -0.05) is 6.07 Å². The van der Waals surface area contributed by atoms with E-state index in [9.17, 15) is 5.11 Å². The summed E-state index contributed by atoms with van der Waals surface area (Å²) >= 11 is 1.67. The summed E-state index contributed by atoms with van der Waals surface area (Å²) in [5, 5.41) is 19.5. The summed E-state index contributed by atoms with van der Waals surface area (Å²) in [6.45, 7) is 6.07. The summed E-state index contributed by atoms with van der Waals surface area (Å²) in [6.07, 6.45) is 0.859. The molecule has 0 saturated heterocycles. The first-order valence-corrected chi connectivity index (χ1v) is 8.79. The van der Waals surface area contributed by atoms with Crippen molar-refractivity contribution in [1.29, 1.82) is 0 Å². The Bertz CT molecular complexity index is 691. The normalized spacial score (nSPS) is 10.9. The standard InChI is InChI=1S/C17H24N4O2S.HI/c1-4-18-17(19-8-7-14-11-24-12(2)21-14)20-10-13-5-6-16(23-3)15(22)9-13;/h5-6,9,11,22H,4,7-8,10H2,1-3H3,(H2,18,19,20);1H. The molecule has 0 bridgehead atoms. The van der Waals surface area contributed by atoms with Crippen LogP contribution in [-0.4, -0.2) is 36.2 Å². The third kappa shape index (κ3) is 7.07. The van der Waals surface area contributed by atoms with Gasteiger partial charge in [-0.3, -0.25) is 0 Å². The van der Waals surface area contributed by atoms with Crippen LogP contribution in [0.2, 0.25) is 0 Å². The molecule has 0 aliphatic rings. The van der Waals surface area contributed by atoms with Gasteiger partial charge in [-0.05, 0) is 31.5 Å². The Balaban J connectivity index is 0.00000312. The average Bonchev–Trinajstić information content (AvgIpc) is 2.98. The van der Waals surface area contributed by atoms with Crippen LogP contribution in [0.15, 0.2) is 28.6 Å². The molecule has 138 valence electrons. The SMILES string of the molecule is CCNC(=NCc1ccc(OC)c(O)c1)NCCc1csc(C)n1.I. The number of aromatic hydroxyl groups is 1. The van der Waals surface area contributed by atoms with Gasteiger partial charge in [-0.25, -0.2) is 9.98 Å². The number of guanidine groups is 1. The topological polar surface area (TPSA) is 78.8 Å². The summed E-state index contributed by atoms with van der Waals surface area (Å²) in [5.74, 6) is 1.34. The summed E-state index contributed by atoms with van der Waals surface area (Å²) in [5.41, 5.74) is 2.02. The van der Waals surface area contributed by atoms with Crippen LogP contribution in [0, 0.1) is 6.92 Å². The highest BCUT2D eigenvalue weighted by Gasteiger charge is 2.04. The van der Waals surface area contributed by atoms with Crippen molar-refractivity contribution in [3.63, 3.8) is 0 Å². The van der Waals surface area contributed by atoms with Crippen LogP contribution in [0.1, 0.15) is 23.2 Å². The summed E-state index contributed by atoms with van der Waals surface area (Å²) in [6, 6.07) is 5.30. The van der Waals surface area contributed by atoms with Gasteiger partial charge in [0.2, 0.25) is 0 Å². The van der Waals surface area contributed by atoms with Crippen molar-refractivity contribution >= 4 is 41.3 Å². The molecule has 0 atom stereocenters. The molecule has 0 fully saturated rings. The Morgan fingerprint density at radius 1 is 1.36 bits per heavy atom. The van der Waals surface area contributed by atoms with E-state index >= 15 is 0 Å². The minimum atomic E-state index is 0. The number of benzene rings is 1. The number of hydrogen-bond donors (Lipinski definition) is 3. The minimum Gasteiger partial charge on any atom is -0.504 e. The largest absolute Gasteiger partial charge is 0.504 e. The highest BCUT2D eigenvalue weighted by Crippen LogP contribution is 2.26. The molecule has 0 radical (unpaired) electrons. The molecule has 0 spiro atoms. The molecule has 0 amide bonds. The molecule has 1 aromatic heterocycles. The van der Waals surface area contributed by atoms with Crippen LogP contribution >= 0.6 is 35.3 Å². The second-order valence-electron chi connectivity index (χ2n) is 5.24. The number of phenolic OH excluding ortho intramolecular Hbond substituents is 1. The van der Waals surface area contributed by atoms with E-state index in [1.165, 1.54) is 7.11 Å². The lowest BCUT2D eigenvalue weighted by molar-refractivity contribution is 0.373. The number of thiazole rings is 1. The number of ether oxygens (including phenoxy) is 1. The monoisotopic (exact) mass is 476 g/mol. The van der Waals surface area contributed by atoms with Crippen LogP contribution < -0.4 is 15.4 Å². The smallest absolute Gasteiger partial charge is 0.191 e. The van der Waals surface area contributed by atoms with E-state index in [4.69, 9.17) is 4.74 Å². The van der Waals surface area contributed by atoms with Gasteiger partial charge in [0.25, 0.3) is 0 Å². The number of nitrogens with zero attached hydrogens (tertiary/aromatic N) is 2. The molecule has 25 heavy (non-hydrogen) atoms. The van der Waals surface area contributed by atoms with E-state index < -0.39 is 0 Å². The van der Waals surface area contributed by atoms with E-state index in [2.05, 4.69) is 26.0 Å². The van der Waals surface area contributed by atoms with Gasteiger partial charge >= 0.3 is 0 Å². The van der Waals surface area contributed by atoms with Crippen molar-refractivity contribution in [3.8, 4) is 11.5 Å². The van der Waals surface area contributed by atoms with Gasteiger partial charge in [-0.15, -0.1) is 35.3 Å². The van der Waals surface area contributed by atoms with Gasteiger partial charge < -0.3 is 20.5 Å². The number of hydrogen-bond acceptors (Lipinski definition) is 5. The van der Waals surface area contributed by atoms with Crippen molar-refractivity contribution in [2.24, 2.45) is 4.99 Å². The molecule has 8 heteroatoms. The Kier molecular flexibility index (Phi) is 9.58. The Labute approximate surface area is 169 Å². The fraction of sp³-hybridized carbons (Fsp3) is 0.412. The van der Waals surface area contributed by atoms with Crippen molar-refractivity contribution < 1.29 is 9.84 Å². The summed E-state index contributed by atoms with van der Waals surface area (Å²) in [4.78, 5) is 8.99. The van der Waals surface area contributed by atoms with Crippen molar-refractivity contribution in [3.05, 3.63) is 39.8 Å². The minimum absolute atomic E-state index is 0. The van der Waals surface area contributed by atoms with Crippen molar-refractivity contribution in [1.82, 2.24) is 15.6 Å². The van der Waals surface area contributed by atoms with E-state index in [0.717, 1.165) is 41.7 Å². The second-order valence-corrected chi connectivity index (χ2v) is 6.30. The molecule has 0 unspecified atom stereocenters. The molecule has 1 aromatic carbocycles. The van der Waals surface area contributed by atoms with E-state index in [1.54, 1.807) is 23.5 Å². The second kappa shape index (κ2) is 11.1. The molecule has 6 nitrogen and oxygen atoms in total. The van der Waals surface area contributed by atoms with Gasteiger partial charge in [-0.2, -0.15) is 0 Å². The molecule has 1 heterocycles. The maximum Gasteiger partial charge on any atom is 0.191 e. The highest BCUT2D eigenvalue weighted by molar-refractivity contribution is 14.0. The van der Waals surface area contributed by atoms with Crippen LogP contribution in [0.25, 0.3) is 0 Å². The van der Waals surface area contributed by atoms with Crippen LogP contribution in [0.5, 0.6) is 11.5 Å². The van der Waals surface area contributed by atoms with Crippen molar-refractivity contribution in [2.75, 3.05) is 20.2 Å². The predicted molar refractivity (Wildman–Crippen MR) is 113 cm³/mol. The van der Waals surface area contributed by atoms with Gasteiger partial charge in [0.05, 0.1) is 24.4 Å². The predicted octanol–water partition coefficient (Wildman–Crippen LogP) is 3.08. The lowest BCUT2D eigenvalue weighted by atomic mass is 10.2. The summed E-state index contributed by atoms with van der Waals surface area (Å²) < 4.78 is 5.05. The average molecular weight is 476 g/mol. The van der Waals surface area contributed by atoms with Gasteiger partial charge in [0.15, 0.2) is 17.5 Å². The Morgan fingerprint density at radius 2 is 2.16 bits per heavy atom. The molecular weight excluding hydrogens is 451 g/mol. The maximum absolute atomic E-state index is 9.82. The first kappa shape index (κ1) is 21.5. The first-order valence-electron chi connectivity index (χ1n) is 7.91. The third-order valence-corrected chi connectivity index (χ3v) is 4.17. The number of halogens is 1. The fourth-order valence-electron chi connectivity index (χ4n) is 2.18. The quantitative estimate of drug-likeness (QED) is 0.325. The number of nitrogens with one attached hydrogen (secondary N) is 2. The molecular formula is C17H25IN4O2S. The van der Waals surface area contributed by atoms with Crippen LogP contribution in [0.3, 0.4) is 0 Å².